The summed E-state index contributed by atoms with van der Waals surface area (Å²) >= 11 is 0. The van der Waals surface area contributed by atoms with Gasteiger partial charge in [-0.1, -0.05) is 48.5 Å². The normalized spacial score (nSPS) is 14.3. The van der Waals surface area contributed by atoms with Gasteiger partial charge in [0.05, 0.1) is 12.9 Å². The van der Waals surface area contributed by atoms with E-state index in [9.17, 15) is 13.2 Å². The van der Waals surface area contributed by atoms with Crippen LogP contribution in [0.25, 0.3) is 21.9 Å². The fourth-order valence-corrected chi connectivity index (χ4v) is 3.76. The van der Waals surface area contributed by atoms with E-state index in [4.69, 9.17) is 4.18 Å². The summed E-state index contributed by atoms with van der Waals surface area (Å²) < 4.78 is 27.0. The SMILES string of the molecule is CS(=O)(=O)OCCc1ccc2cc(-c3cccc(C(=O)C4CC4)c3)ccc2c1. The van der Waals surface area contributed by atoms with Crippen LogP contribution in [0.5, 0.6) is 0 Å². The third-order valence-corrected chi connectivity index (χ3v) is 5.62. The van der Waals surface area contributed by atoms with Crippen LogP contribution in [0.15, 0.2) is 60.7 Å². The monoisotopic (exact) mass is 394 g/mol. The van der Waals surface area contributed by atoms with E-state index in [-0.39, 0.29) is 18.3 Å². The van der Waals surface area contributed by atoms with E-state index in [0.29, 0.717) is 6.42 Å². The summed E-state index contributed by atoms with van der Waals surface area (Å²) in [5.41, 5.74) is 3.94. The Balaban J connectivity index is 1.56. The molecule has 0 aliphatic heterocycles. The standard InChI is InChI=1S/C23H22O4S/c1-28(25,26)27-12-11-16-5-6-20-14-21(10-9-19(20)13-16)18-3-2-4-22(15-18)23(24)17-7-8-17/h2-6,9-10,13-15,17H,7-8,11-12H2,1H3. The molecule has 4 nitrogen and oxygen atoms in total. The smallest absolute Gasteiger partial charge is 0.264 e. The van der Waals surface area contributed by atoms with Gasteiger partial charge in [-0.2, -0.15) is 8.42 Å². The maximum Gasteiger partial charge on any atom is 0.264 e. The van der Waals surface area contributed by atoms with Gasteiger partial charge in [0.2, 0.25) is 0 Å². The third kappa shape index (κ3) is 4.49. The summed E-state index contributed by atoms with van der Waals surface area (Å²) in [6.07, 6.45) is 3.62. The van der Waals surface area contributed by atoms with Gasteiger partial charge in [0.1, 0.15) is 0 Å². The molecule has 0 saturated heterocycles. The van der Waals surface area contributed by atoms with Crippen LogP contribution in [0.4, 0.5) is 0 Å². The Bertz CT molecular complexity index is 1140. The molecule has 4 rings (SSSR count). The molecule has 5 heteroatoms. The number of Topliss-reactive ketones (excluding diaryl/α,β-unsaturated/α-hetero) is 1. The van der Waals surface area contributed by atoms with E-state index in [1.807, 2.05) is 36.4 Å². The Morgan fingerprint density at radius 2 is 1.68 bits per heavy atom. The molecule has 0 aromatic heterocycles. The number of ketones is 1. The van der Waals surface area contributed by atoms with Crippen molar-refractivity contribution >= 4 is 26.7 Å². The molecule has 1 fully saturated rings. The zero-order valence-corrected chi connectivity index (χ0v) is 16.5. The Morgan fingerprint density at radius 1 is 0.964 bits per heavy atom. The first-order chi connectivity index (χ1) is 13.4. The number of hydrogen-bond acceptors (Lipinski definition) is 4. The second-order valence-electron chi connectivity index (χ2n) is 7.39. The molecule has 1 aliphatic carbocycles. The van der Waals surface area contributed by atoms with Crippen molar-refractivity contribution < 1.29 is 17.4 Å². The third-order valence-electron chi connectivity index (χ3n) is 5.02. The molecule has 3 aromatic carbocycles. The van der Waals surface area contributed by atoms with Gasteiger partial charge >= 0.3 is 0 Å². The lowest BCUT2D eigenvalue weighted by Gasteiger charge is -2.08. The highest BCUT2D eigenvalue weighted by Crippen LogP contribution is 2.34. The van der Waals surface area contributed by atoms with Gasteiger partial charge in [-0.3, -0.25) is 8.98 Å². The summed E-state index contributed by atoms with van der Waals surface area (Å²) in [6.45, 7) is 0.143. The lowest BCUT2D eigenvalue weighted by Crippen LogP contribution is -2.06. The van der Waals surface area contributed by atoms with Crippen LogP contribution in [0, 0.1) is 5.92 Å². The van der Waals surface area contributed by atoms with E-state index in [2.05, 4.69) is 24.3 Å². The van der Waals surface area contributed by atoms with Crippen molar-refractivity contribution in [2.45, 2.75) is 19.3 Å². The van der Waals surface area contributed by atoms with E-state index in [1.165, 1.54) is 0 Å². The Labute approximate surface area is 165 Å². The van der Waals surface area contributed by atoms with Crippen LogP contribution in [-0.4, -0.2) is 27.1 Å². The summed E-state index contributed by atoms with van der Waals surface area (Å²) in [5, 5.41) is 2.19. The average Bonchev–Trinajstić information content (AvgIpc) is 3.51. The fraction of sp³-hybridized carbons (Fsp3) is 0.261. The lowest BCUT2D eigenvalue weighted by molar-refractivity contribution is 0.0967. The van der Waals surface area contributed by atoms with Crippen molar-refractivity contribution in [2.75, 3.05) is 12.9 Å². The number of benzene rings is 3. The molecule has 144 valence electrons. The first-order valence-electron chi connectivity index (χ1n) is 9.41. The molecule has 0 heterocycles. The minimum atomic E-state index is -3.41. The van der Waals surface area contributed by atoms with Gasteiger partial charge < -0.3 is 0 Å². The highest BCUT2D eigenvalue weighted by atomic mass is 32.2. The van der Waals surface area contributed by atoms with E-state index < -0.39 is 10.1 Å². The van der Waals surface area contributed by atoms with E-state index in [1.54, 1.807) is 0 Å². The highest BCUT2D eigenvalue weighted by Gasteiger charge is 2.30. The second-order valence-corrected chi connectivity index (χ2v) is 9.04. The molecule has 0 spiro atoms. The van der Waals surface area contributed by atoms with Crippen molar-refractivity contribution in [3.63, 3.8) is 0 Å². The molecule has 0 unspecified atom stereocenters. The Morgan fingerprint density at radius 3 is 2.43 bits per heavy atom. The van der Waals surface area contributed by atoms with Crippen LogP contribution in [0.3, 0.4) is 0 Å². The summed E-state index contributed by atoms with van der Waals surface area (Å²) in [4.78, 5) is 12.3. The van der Waals surface area contributed by atoms with E-state index >= 15 is 0 Å². The van der Waals surface area contributed by atoms with Gasteiger partial charge in [0.15, 0.2) is 5.78 Å². The number of hydrogen-bond donors (Lipinski definition) is 0. The molecule has 0 N–H and O–H groups in total. The molecule has 0 radical (unpaired) electrons. The van der Waals surface area contributed by atoms with Crippen molar-refractivity contribution in [3.05, 3.63) is 71.8 Å². The van der Waals surface area contributed by atoms with Crippen LogP contribution in [-0.2, 0) is 20.7 Å². The zero-order valence-electron chi connectivity index (χ0n) is 15.7. The number of rotatable bonds is 7. The fourth-order valence-electron chi connectivity index (χ4n) is 3.37. The zero-order chi connectivity index (χ0) is 19.7. The predicted molar refractivity (Wildman–Crippen MR) is 111 cm³/mol. The molecule has 0 amide bonds. The molecule has 0 atom stereocenters. The van der Waals surface area contributed by atoms with Gasteiger partial charge in [-0.15, -0.1) is 0 Å². The second kappa shape index (κ2) is 7.49. The summed E-state index contributed by atoms with van der Waals surface area (Å²) in [7, 11) is -3.41. The molecule has 3 aromatic rings. The van der Waals surface area contributed by atoms with Crippen molar-refractivity contribution in [1.82, 2.24) is 0 Å². The Kier molecular flexibility index (Phi) is 5.04. The predicted octanol–water partition coefficient (Wildman–Crippen LogP) is 4.62. The highest BCUT2D eigenvalue weighted by molar-refractivity contribution is 7.85. The van der Waals surface area contributed by atoms with Crippen molar-refractivity contribution in [1.29, 1.82) is 0 Å². The molecule has 28 heavy (non-hydrogen) atoms. The first kappa shape index (κ1) is 18.8. The molecule has 1 aliphatic rings. The number of carbonyl (C=O) groups excluding carboxylic acids is 1. The van der Waals surface area contributed by atoms with Gasteiger partial charge in [0, 0.05) is 11.5 Å². The van der Waals surface area contributed by atoms with Crippen LogP contribution >= 0.6 is 0 Å². The van der Waals surface area contributed by atoms with Crippen LogP contribution in [0.2, 0.25) is 0 Å². The van der Waals surface area contributed by atoms with Crippen molar-refractivity contribution in [3.8, 4) is 11.1 Å². The lowest BCUT2D eigenvalue weighted by atomic mass is 9.97. The minimum absolute atomic E-state index is 0.143. The van der Waals surface area contributed by atoms with Gasteiger partial charge in [-0.05, 0) is 58.9 Å². The largest absolute Gasteiger partial charge is 0.294 e. The molecular weight excluding hydrogens is 372 g/mol. The number of carbonyl (C=O) groups is 1. The molecular formula is C23H22O4S. The van der Waals surface area contributed by atoms with Gasteiger partial charge in [0.25, 0.3) is 10.1 Å². The summed E-state index contributed by atoms with van der Waals surface area (Å²) in [6, 6.07) is 20.2. The maximum atomic E-state index is 12.3. The summed E-state index contributed by atoms with van der Waals surface area (Å²) in [5.74, 6) is 0.473. The molecule has 1 saturated carbocycles. The first-order valence-corrected chi connectivity index (χ1v) is 11.2. The van der Waals surface area contributed by atoms with Crippen molar-refractivity contribution in [2.24, 2.45) is 5.92 Å². The quantitative estimate of drug-likeness (QED) is 0.433. The molecule has 0 bridgehead atoms. The maximum absolute atomic E-state index is 12.3. The van der Waals surface area contributed by atoms with E-state index in [0.717, 1.165) is 52.1 Å². The number of fused-ring (bicyclic) bond motifs is 1. The van der Waals surface area contributed by atoms with Crippen LogP contribution < -0.4 is 0 Å². The average molecular weight is 394 g/mol. The van der Waals surface area contributed by atoms with Crippen LogP contribution in [0.1, 0.15) is 28.8 Å². The van der Waals surface area contributed by atoms with Gasteiger partial charge in [-0.25, -0.2) is 0 Å². The Hall–Kier alpha value is -2.50. The minimum Gasteiger partial charge on any atom is -0.294 e. The topological polar surface area (TPSA) is 60.4 Å².